The van der Waals surface area contributed by atoms with Gasteiger partial charge in [-0.25, -0.2) is 8.78 Å². The largest absolute Gasteiger partial charge is 0.490 e. The smallest absolute Gasteiger partial charge is 0.161 e. The molecule has 0 aliphatic carbocycles. The van der Waals surface area contributed by atoms with Crippen molar-refractivity contribution in [2.45, 2.75) is 11.8 Å². The highest BCUT2D eigenvalue weighted by molar-refractivity contribution is 6.22. The first-order chi connectivity index (χ1) is 10.2. The number of ether oxygens (including phenoxy) is 2. The van der Waals surface area contributed by atoms with Crippen LogP contribution >= 0.6 is 11.6 Å². The molecule has 0 aromatic heterocycles. The van der Waals surface area contributed by atoms with Crippen LogP contribution in [0, 0.1) is 11.6 Å². The molecule has 1 unspecified atom stereocenters. The van der Waals surface area contributed by atoms with Gasteiger partial charge in [0.2, 0.25) is 0 Å². The van der Waals surface area contributed by atoms with Crippen molar-refractivity contribution in [1.82, 2.24) is 0 Å². The predicted octanol–water partition coefficient (Wildman–Crippen LogP) is 4.45. The second kappa shape index (κ2) is 5.90. The average molecular weight is 311 g/mol. The fourth-order valence-electron chi connectivity index (χ4n) is 2.26. The lowest BCUT2D eigenvalue weighted by molar-refractivity contribution is 0.297. The van der Waals surface area contributed by atoms with Gasteiger partial charge in [-0.15, -0.1) is 11.6 Å². The lowest BCUT2D eigenvalue weighted by Gasteiger charge is -2.15. The fraction of sp³-hybridized carbons (Fsp3) is 0.250. The minimum Gasteiger partial charge on any atom is -0.490 e. The van der Waals surface area contributed by atoms with E-state index >= 15 is 0 Å². The van der Waals surface area contributed by atoms with E-state index in [0.29, 0.717) is 30.3 Å². The third-order valence-corrected chi connectivity index (χ3v) is 3.79. The van der Waals surface area contributed by atoms with Gasteiger partial charge in [0.15, 0.2) is 11.5 Å². The van der Waals surface area contributed by atoms with Gasteiger partial charge in [-0.05, 0) is 29.8 Å². The van der Waals surface area contributed by atoms with Crippen LogP contribution in [0.1, 0.15) is 22.9 Å². The molecule has 2 aromatic rings. The first-order valence-electron chi connectivity index (χ1n) is 6.64. The summed E-state index contributed by atoms with van der Waals surface area (Å²) in [4.78, 5) is 0. The van der Waals surface area contributed by atoms with Crippen LogP contribution in [0.2, 0.25) is 0 Å². The Morgan fingerprint density at radius 3 is 2.33 bits per heavy atom. The molecule has 1 atom stereocenters. The molecule has 1 aliphatic heterocycles. The van der Waals surface area contributed by atoms with Crippen LogP contribution in [0.15, 0.2) is 36.4 Å². The van der Waals surface area contributed by atoms with Gasteiger partial charge in [-0.2, -0.15) is 0 Å². The summed E-state index contributed by atoms with van der Waals surface area (Å²) in [5, 5.41) is -0.927. The lowest BCUT2D eigenvalue weighted by Crippen LogP contribution is -2.02. The molecule has 3 rings (SSSR count). The quantitative estimate of drug-likeness (QED) is 0.763. The monoisotopic (exact) mass is 310 g/mol. The van der Waals surface area contributed by atoms with Crippen molar-refractivity contribution < 1.29 is 18.3 Å². The molecule has 1 aliphatic rings. The zero-order valence-corrected chi connectivity index (χ0v) is 11.9. The summed E-state index contributed by atoms with van der Waals surface area (Å²) >= 11 is 6.25. The van der Waals surface area contributed by atoms with E-state index in [0.717, 1.165) is 6.42 Å². The van der Waals surface area contributed by atoms with E-state index in [1.807, 2.05) is 0 Å². The highest BCUT2D eigenvalue weighted by atomic mass is 35.5. The Balaban J connectivity index is 1.98. The summed E-state index contributed by atoms with van der Waals surface area (Å²) in [5.41, 5.74) is 0.401. The minimum absolute atomic E-state index is 0.159. The second-order valence-electron chi connectivity index (χ2n) is 4.75. The first kappa shape index (κ1) is 14.1. The van der Waals surface area contributed by atoms with Crippen molar-refractivity contribution in [3.05, 3.63) is 59.2 Å². The molecule has 0 spiro atoms. The van der Waals surface area contributed by atoms with E-state index in [4.69, 9.17) is 21.1 Å². The third kappa shape index (κ3) is 2.81. The Kier molecular flexibility index (Phi) is 3.97. The van der Waals surface area contributed by atoms with Gasteiger partial charge in [-0.1, -0.05) is 12.1 Å². The van der Waals surface area contributed by atoms with Crippen molar-refractivity contribution in [2.75, 3.05) is 13.2 Å². The molecule has 2 nitrogen and oxygen atoms in total. The van der Waals surface area contributed by atoms with Gasteiger partial charge in [0.05, 0.1) is 18.6 Å². The van der Waals surface area contributed by atoms with Gasteiger partial charge in [0.25, 0.3) is 0 Å². The number of alkyl halides is 1. The average Bonchev–Trinajstić information content (AvgIpc) is 2.71. The van der Waals surface area contributed by atoms with Crippen LogP contribution in [-0.4, -0.2) is 13.2 Å². The zero-order chi connectivity index (χ0) is 14.8. The molecule has 0 saturated carbocycles. The maximum Gasteiger partial charge on any atom is 0.161 e. The summed E-state index contributed by atoms with van der Waals surface area (Å²) in [7, 11) is 0. The van der Waals surface area contributed by atoms with Gasteiger partial charge in [0.1, 0.15) is 11.6 Å². The predicted molar refractivity (Wildman–Crippen MR) is 76.1 cm³/mol. The highest BCUT2D eigenvalue weighted by Crippen LogP contribution is 2.38. The van der Waals surface area contributed by atoms with Crippen LogP contribution < -0.4 is 9.47 Å². The van der Waals surface area contributed by atoms with Crippen molar-refractivity contribution in [3.63, 3.8) is 0 Å². The SMILES string of the molecule is Fc1cccc(F)c1C(Cl)c1ccc2c(c1)OCCCO2. The molecule has 5 heteroatoms. The van der Waals surface area contributed by atoms with E-state index in [2.05, 4.69) is 0 Å². The van der Waals surface area contributed by atoms with Crippen LogP contribution in [-0.2, 0) is 0 Å². The number of hydrogen-bond donors (Lipinski definition) is 0. The standard InChI is InChI=1S/C16H13ClF2O2/c17-16(15-11(18)3-1-4-12(15)19)10-5-6-13-14(9-10)21-8-2-7-20-13/h1,3-6,9,16H,2,7-8H2. The molecule has 1 heterocycles. The van der Waals surface area contributed by atoms with E-state index in [9.17, 15) is 8.78 Å². The van der Waals surface area contributed by atoms with Gasteiger partial charge in [0, 0.05) is 12.0 Å². The molecule has 21 heavy (non-hydrogen) atoms. The van der Waals surface area contributed by atoms with Gasteiger partial charge < -0.3 is 9.47 Å². The molecular weight excluding hydrogens is 298 g/mol. The van der Waals surface area contributed by atoms with E-state index in [1.165, 1.54) is 18.2 Å². The van der Waals surface area contributed by atoms with Crippen LogP contribution in [0.4, 0.5) is 8.78 Å². The molecule has 0 saturated heterocycles. The minimum atomic E-state index is -0.927. The molecule has 110 valence electrons. The number of hydrogen-bond acceptors (Lipinski definition) is 2. The molecule has 0 amide bonds. The van der Waals surface area contributed by atoms with Crippen LogP contribution in [0.3, 0.4) is 0 Å². The zero-order valence-electron chi connectivity index (χ0n) is 11.1. The van der Waals surface area contributed by atoms with Gasteiger partial charge in [-0.3, -0.25) is 0 Å². The van der Waals surface area contributed by atoms with Crippen molar-refractivity contribution in [3.8, 4) is 11.5 Å². The Bertz CT molecular complexity index is 640. The number of halogens is 3. The van der Waals surface area contributed by atoms with Gasteiger partial charge >= 0.3 is 0 Å². The Morgan fingerprint density at radius 1 is 0.952 bits per heavy atom. The Morgan fingerprint density at radius 2 is 1.62 bits per heavy atom. The second-order valence-corrected chi connectivity index (χ2v) is 5.19. The molecule has 2 aromatic carbocycles. The summed E-state index contributed by atoms with van der Waals surface area (Å²) in [5.74, 6) is -0.161. The number of benzene rings is 2. The fourth-order valence-corrected chi connectivity index (χ4v) is 2.60. The highest BCUT2D eigenvalue weighted by Gasteiger charge is 2.21. The first-order valence-corrected chi connectivity index (χ1v) is 7.08. The topological polar surface area (TPSA) is 18.5 Å². The molecule has 0 bridgehead atoms. The molecule has 0 N–H and O–H groups in total. The maximum atomic E-state index is 13.8. The van der Waals surface area contributed by atoms with E-state index < -0.39 is 17.0 Å². The number of rotatable bonds is 2. The number of fused-ring (bicyclic) bond motifs is 1. The van der Waals surface area contributed by atoms with Crippen molar-refractivity contribution in [1.29, 1.82) is 0 Å². The lowest BCUT2D eigenvalue weighted by atomic mass is 10.0. The molecular formula is C16H13ClF2O2. The van der Waals surface area contributed by atoms with Crippen LogP contribution in [0.5, 0.6) is 11.5 Å². The summed E-state index contributed by atoms with van der Waals surface area (Å²) in [6.07, 6.45) is 0.788. The van der Waals surface area contributed by atoms with Crippen molar-refractivity contribution >= 4 is 11.6 Å². The normalized spacial score (nSPS) is 15.4. The maximum absolute atomic E-state index is 13.8. The van der Waals surface area contributed by atoms with Crippen LogP contribution in [0.25, 0.3) is 0 Å². The third-order valence-electron chi connectivity index (χ3n) is 3.32. The molecule has 0 fully saturated rings. The summed E-state index contributed by atoms with van der Waals surface area (Å²) in [6.45, 7) is 1.12. The summed E-state index contributed by atoms with van der Waals surface area (Å²) in [6, 6.07) is 8.77. The van der Waals surface area contributed by atoms with E-state index in [-0.39, 0.29) is 5.56 Å². The van der Waals surface area contributed by atoms with Crippen molar-refractivity contribution in [2.24, 2.45) is 0 Å². The Labute approximate surface area is 126 Å². The summed E-state index contributed by atoms with van der Waals surface area (Å²) < 4.78 is 38.7. The Hall–Kier alpha value is -1.81. The molecule has 0 radical (unpaired) electrons. The van der Waals surface area contributed by atoms with E-state index in [1.54, 1.807) is 18.2 Å².